The summed E-state index contributed by atoms with van der Waals surface area (Å²) in [5.41, 5.74) is 6.15. The van der Waals surface area contributed by atoms with E-state index in [-0.39, 0.29) is 6.02 Å². The number of hydrogen-bond acceptors (Lipinski definition) is 2. The highest BCUT2D eigenvalue weighted by molar-refractivity contribution is 5.72. The second kappa shape index (κ2) is 2.73. The van der Waals surface area contributed by atoms with Gasteiger partial charge in [-0.3, -0.25) is 0 Å². The molecule has 1 aliphatic rings. The predicted octanol–water partition coefficient (Wildman–Crippen LogP) is 0.871. The van der Waals surface area contributed by atoms with Crippen molar-refractivity contribution in [3.8, 4) is 0 Å². The second-order valence-electron chi connectivity index (χ2n) is 2.42. The monoisotopic (exact) mass is 140 g/mol. The number of nitrogens with two attached hydrogens (primary N) is 1. The van der Waals surface area contributed by atoms with Crippen LogP contribution in [0.2, 0.25) is 0 Å². The lowest BCUT2D eigenvalue weighted by Crippen LogP contribution is -2.13. The Bertz CT molecular complexity index is 170. The van der Waals surface area contributed by atoms with Crippen molar-refractivity contribution >= 4 is 6.02 Å². The fourth-order valence-electron chi connectivity index (χ4n) is 0.695. The molecule has 0 amide bonds. The minimum atomic E-state index is 0.205. The van der Waals surface area contributed by atoms with Crippen molar-refractivity contribution in [2.45, 2.75) is 12.8 Å². The average Bonchev–Trinajstić information content (AvgIpc) is 2.68. The number of hydrogen-bond donors (Lipinski definition) is 1. The van der Waals surface area contributed by atoms with E-state index in [2.05, 4.69) is 16.3 Å². The van der Waals surface area contributed by atoms with Crippen LogP contribution in [0, 0.1) is 5.92 Å². The molecule has 0 heterocycles. The number of methoxy groups -OCH3 is 1. The van der Waals surface area contributed by atoms with Crippen LogP contribution >= 0.6 is 0 Å². The third-order valence-corrected chi connectivity index (χ3v) is 1.51. The maximum absolute atomic E-state index is 5.31. The molecule has 3 nitrogen and oxygen atoms in total. The van der Waals surface area contributed by atoms with E-state index < -0.39 is 0 Å². The molecule has 2 N–H and O–H groups in total. The number of amidine groups is 1. The Balaban J connectivity index is 2.41. The molecular formula is C7H12N2O. The SMILES string of the molecule is C=C(/N=C(\N)OC)C1CC1. The van der Waals surface area contributed by atoms with Gasteiger partial charge in [-0.15, -0.1) is 0 Å². The van der Waals surface area contributed by atoms with Crippen molar-refractivity contribution in [3.63, 3.8) is 0 Å². The summed E-state index contributed by atoms with van der Waals surface area (Å²) in [6.07, 6.45) is 2.39. The Kier molecular flexibility index (Phi) is 1.94. The molecule has 0 saturated heterocycles. The zero-order valence-corrected chi connectivity index (χ0v) is 6.13. The Morgan fingerprint density at radius 1 is 1.70 bits per heavy atom. The zero-order valence-electron chi connectivity index (χ0n) is 6.13. The van der Waals surface area contributed by atoms with Gasteiger partial charge in [0.05, 0.1) is 7.11 Å². The van der Waals surface area contributed by atoms with Crippen LogP contribution in [0.4, 0.5) is 0 Å². The topological polar surface area (TPSA) is 47.6 Å². The lowest BCUT2D eigenvalue weighted by Gasteiger charge is -1.97. The summed E-state index contributed by atoms with van der Waals surface area (Å²) in [5, 5.41) is 0. The lowest BCUT2D eigenvalue weighted by molar-refractivity contribution is 0.395. The highest BCUT2D eigenvalue weighted by Gasteiger charge is 2.24. The molecule has 0 atom stereocenters. The van der Waals surface area contributed by atoms with Crippen molar-refractivity contribution in [1.29, 1.82) is 0 Å². The first kappa shape index (κ1) is 7.12. The van der Waals surface area contributed by atoms with E-state index in [0.29, 0.717) is 5.92 Å². The second-order valence-corrected chi connectivity index (χ2v) is 2.42. The van der Waals surface area contributed by atoms with Gasteiger partial charge < -0.3 is 10.5 Å². The lowest BCUT2D eigenvalue weighted by atomic mass is 10.3. The van der Waals surface area contributed by atoms with Crippen LogP contribution in [0.25, 0.3) is 0 Å². The van der Waals surface area contributed by atoms with Crippen molar-refractivity contribution in [2.75, 3.05) is 7.11 Å². The molecule has 0 aromatic heterocycles. The maximum Gasteiger partial charge on any atom is 0.286 e. The van der Waals surface area contributed by atoms with E-state index in [0.717, 1.165) is 5.70 Å². The standard InChI is InChI=1S/C7H12N2O/c1-5(6-3-4-6)9-7(8)10-2/h6H,1,3-4H2,2H3,(H2,8,9). The normalized spacial score (nSPS) is 18.7. The van der Waals surface area contributed by atoms with E-state index in [4.69, 9.17) is 5.73 Å². The molecule has 1 rings (SSSR count). The molecule has 3 heteroatoms. The first-order valence-electron chi connectivity index (χ1n) is 3.31. The fraction of sp³-hybridized carbons (Fsp3) is 0.571. The third-order valence-electron chi connectivity index (χ3n) is 1.51. The molecule has 0 aromatic rings. The van der Waals surface area contributed by atoms with Gasteiger partial charge in [0.15, 0.2) is 0 Å². The first-order valence-corrected chi connectivity index (χ1v) is 3.31. The predicted molar refractivity (Wildman–Crippen MR) is 40.5 cm³/mol. The van der Waals surface area contributed by atoms with Crippen LogP contribution in [0.15, 0.2) is 17.3 Å². The molecule has 0 bridgehead atoms. The molecule has 0 radical (unpaired) electrons. The molecule has 1 fully saturated rings. The van der Waals surface area contributed by atoms with E-state index >= 15 is 0 Å². The number of ether oxygens (including phenoxy) is 1. The summed E-state index contributed by atoms with van der Waals surface area (Å²) >= 11 is 0. The van der Waals surface area contributed by atoms with Crippen molar-refractivity contribution < 1.29 is 4.74 Å². The number of nitrogens with zero attached hydrogens (tertiary/aromatic N) is 1. The maximum atomic E-state index is 5.31. The van der Waals surface area contributed by atoms with E-state index in [1.54, 1.807) is 0 Å². The van der Waals surface area contributed by atoms with Crippen LogP contribution in [0.5, 0.6) is 0 Å². The summed E-state index contributed by atoms with van der Waals surface area (Å²) in [4.78, 5) is 3.94. The smallest absolute Gasteiger partial charge is 0.286 e. The molecule has 1 aliphatic carbocycles. The Morgan fingerprint density at radius 3 is 2.70 bits per heavy atom. The van der Waals surface area contributed by atoms with Crippen molar-refractivity contribution in [2.24, 2.45) is 16.6 Å². The van der Waals surface area contributed by atoms with Gasteiger partial charge in [0.2, 0.25) is 0 Å². The Hall–Kier alpha value is -0.990. The Morgan fingerprint density at radius 2 is 2.30 bits per heavy atom. The molecule has 56 valence electrons. The van der Waals surface area contributed by atoms with Crippen LogP contribution in [0.3, 0.4) is 0 Å². The quantitative estimate of drug-likeness (QED) is 0.457. The van der Waals surface area contributed by atoms with E-state index in [9.17, 15) is 0 Å². The number of aliphatic imine (C=N–C) groups is 1. The molecule has 0 spiro atoms. The van der Waals surface area contributed by atoms with Gasteiger partial charge in [-0.1, -0.05) is 6.58 Å². The summed E-state index contributed by atoms with van der Waals surface area (Å²) < 4.78 is 4.67. The van der Waals surface area contributed by atoms with Gasteiger partial charge in [-0.2, -0.15) is 0 Å². The summed E-state index contributed by atoms with van der Waals surface area (Å²) in [6.45, 7) is 3.76. The van der Waals surface area contributed by atoms with Gasteiger partial charge in [-0.25, -0.2) is 4.99 Å². The third kappa shape index (κ3) is 1.76. The van der Waals surface area contributed by atoms with Gasteiger partial charge in [0.1, 0.15) is 0 Å². The summed E-state index contributed by atoms with van der Waals surface area (Å²) in [5.74, 6) is 0.564. The van der Waals surface area contributed by atoms with Gasteiger partial charge in [0.25, 0.3) is 6.02 Å². The van der Waals surface area contributed by atoms with E-state index in [1.807, 2.05) is 0 Å². The average molecular weight is 140 g/mol. The van der Waals surface area contributed by atoms with Gasteiger partial charge in [-0.05, 0) is 12.8 Å². The minimum Gasteiger partial charge on any atom is -0.469 e. The minimum absolute atomic E-state index is 0.205. The van der Waals surface area contributed by atoms with Crippen LogP contribution in [-0.2, 0) is 4.74 Å². The van der Waals surface area contributed by atoms with Crippen LogP contribution in [-0.4, -0.2) is 13.1 Å². The van der Waals surface area contributed by atoms with E-state index in [1.165, 1.54) is 20.0 Å². The highest BCUT2D eigenvalue weighted by Crippen LogP contribution is 2.35. The number of allylic oxidation sites excluding steroid dienone is 1. The molecule has 0 aliphatic heterocycles. The van der Waals surface area contributed by atoms with Crippen molar-refractivity contribution in [1.82, 2.24) is 0 Å². The highest BCUT2D eigenvalue weighted by atomic mass is 16.5. The summed E-state index contributed by atoms with van der Waals surface area (Å²) in [6, 6.07) is 0.205. The largest absolute Gasteiger partial charge is 0.469 e. The van der Waals surface area contributed by atoms with Crippen molar-refractivity contribution in [3.05, 3.63) is 12.3 Å². The van der Waals surface area contributed by atoms with Crippen LogP contribution in [0.1, 0.15) is 12.8 Å². The number of rotatable bonds is 2. The first-order chi connectivity index (χ1) is 4.74. The molecule has 10 heavy (non-hydrogen) atoms. The summed E-state index contributed by atoms with van der Waals surface area (Å²) in [7, 11) is 1.50. The molecular weight excluding hydrogens is 128 g/mol. The van der Waals surface area contributed by atoms with Gasteiger partial charge in [0, 0.05) is 11.6 Å². The van der Waals surface area contributed by atoms with Crippen LogP contribution < -0.4 is 5.73 Å². The fourth-order valence-corrected chi connectivity index (χ4v) is 0.695. The molecule has 1 saturated carbocycles. The Labute approximate surface area is 60.6 Å². The molecule has 0 unspecified atom stereocenters. The zero-order chi connectivity index (χ0) is 7.56. The molecule has 0 aromatic carbocycles. The van der Waals surface area contributed by atoms with Gasteiger partial charge >= 0.3 is 0 Å².